The van der Waals surface area contributed by atoms with Crippen molar-refractivity contribution >= 4 is 11.9 Å². The largest absolute Gasteiger partial charge is 0.466 e. The Hall–Kier alpha value is -2.18. The summed E-state index contributed by atoms with van der Waals surface area (Å²) in [7, 11) is 0. The summed E-state index contributed by atoms with van der Waals surface area (Å²) in [6.45, 7) is 4.92. The zero-order chi connectivity index (χ0) is 62.8. The predicted octanol–water partition coefficient (Wildman–Crippen LogP) is 26.0. The summed E-state index contributed by atoms with van der Waals surface area (Å²) < 4.78 is 5.50. The van der Waals surface area contributed by atoms with Crippen LogP contribution in [0.25, 0.3) is 0 Å². The standard InChI is InChI=1S/C81H153NO5/c1-3-5-7-9-11-13-15-17-19-21-22-23-24-32-35-38-42-45-49-53-57-61-65-69-73-79(84)78(77-83)82-80(85)74-70-66-62-58-54-50-46-43-39-36-33-30-28-26-25-27-29-31-34-37-40-44-48-52-56-60-64-68-72-76-87-81(86)75-71-67-63-59-55-51-47-41-20-18-16-14-12-10-8-6-4-2/h12,14,18,20,25,27,69,73,78-79,83-84H,3-11,13,15-17,19,21-24,26,28-68,70-72,74-77H2,1-2H3,(H,82,85)/b14-12-,20-18-,27-25-,73-69+. The van der Waals surface area contributed by atoms with E-state index in [1.807, 2.05) is 6.08 Å². The lowest BCUT2D eigenvalue weighted by atomic mass is 10.0. The lowest BCUT2D eigenvalue weighted by Crippen LogP contribution is -2.45. The number of ether oxygens (including phenoxy) is 1. The summed E-state index contributed by atoms with van der Waals surface area (Å²) in [5.41, 5.74) is 0. The summed E-state index contributed by atoms with van der Waals surface area (Å²) in [4.78, 5) is 24.7. The van der Waals surface area contributed by atoms with E-state index >= 15 is 0 Å². The van der Waals surface area contributed by atoms with E-state index in [1.165, 1.54) is 353 Å². The Kier molecular flexibility index (Phi) is 74.4. The van der Waals surface area contributed by atoms with Crippen molar-refractivity contribution in [3.63, 3.8) is 0 Å². The number of hydrogen-bond acceptors (Lipinski definition) is 5. The van der Waals surface area contributed by atoms with E-state index in [4.69, 9.17) is 4.74 Å². The van der Waals surface area contributed by atoms with Gasteiger partial charge in [-0.05, 0) is 89.9 Å². The lowest BCUT2D eigenvalue weighted by molar-refractivity contribution is -0.143. The van der Waals surface area contributed by atoms with Gasteiger partial charge in [-0.25, -0.2) is 0 Å². The Morgan fingerprint density at radius 2 is 0.575 bits per heavy atom. The smallest absolute Gasteiger partial charge is 0.305 e. The Labute approximate surface area is 544 Å². The maximum absolute atomic E-state index is 12.6. The van der Waals surface area contributed by atoms with Crippen LogP contribution >= 0.6 is 0 Å². The zero-order valence-corrected chi connectivity index (χ0v) is 58.8. The van der Waals surface area contributed by atoms with E-state index in [0.717, 1.165) is 51.4 Å². The number of carbonyl (C=O) groups excluding carboxylic acids is 2. The van der Waals surface area contributed by atoms with Gasteiger partial charge >= 0.3 is 5.97 Å². The molecule has 0 aromatic heterocycles. The number of rotatable bonds is 74. The molecule has 1 amide bonds. The van der Waals surface area contributed by atoms with E-state index in [9.17, 15) is 19.8 Å². The Morgan fingerprint density at radius 1 is 0.322 bits per heavy atom. The molecular formula is C81H153NO5. The molecule has 0 rings (SSSR count). The molecule has 0 radical (unpaired) electrons. The fourth-order valence-corrected chi connectivity index (χ4v) is 12.3. The maximum atomic E-state index is 12.6. The first-order chi connectivity index (χ1) is 43.0. The van der Waals surface area contributed by atoms with Crippen LogP contribution in [0.1, 0.15) is 431 Å². The minimum Gasteiger partial charge on any atom is -0.466 e. The topological polar surface area (TPSA) is 95.9 Å². The first-order valence-corrected chi connectivity index (χ1v) is 39.4. The number of hydrogen-bond donors (Lipinski definition) is 3. The molecule has 87 heavy (non-hydrogen) atoms. The molecule has 0 saturated carbocycles. The van der Waals surface area contributed by atoms with Crippen LogP contribution in [0.15, 0.2) is 48.6 Å². The molecule has 0 aliphatic carbocycles. The van der Waals surface area contributed by atoms with Crippen molar-refractivity contribution in [3.05, 3.63) is 48.6 Å². The summed E-state index contributed by atoms with van der Waals surface area (Å²) in [6, 6.07) is -0.630. The van der Waals surface area contributed by atoms with Gasteiger partial charge in [0, 0.05) is 12.8 Å². The molecule has 0 fully saturated rings. The normalized spacial score (nSPS) is 12.7. The fourth-order valence-electron chi connectivity index (χ4n) is 12.3. The van der Waals surface area contributed by atoms with Crippen molar-refractivity contribution in [2.45, 2.75) is 443 Å². The summed E-state index contributed by atoms with van der Waals surface area (Å²) in [5, 5.41) is 23.3. The van der Waals surface area contributed by atoms with Crippen LogP contribution < -0.4 is 5.32 Å². The van der Waals surface area contributed by atoms with Crippen LogP contribution in [0.5, 0.6) is 0 Å². The van der Waals surface area contributed by atoms with Crippen molar-refractivity contribution in [3.8, 4) is 0 Å². The highest BCUT2D eigenvalue weighted by Gasteiger charge is 2.18. The quantitative estimate of drug-likeness (QED) is 0.0320. The van der Waals surface area contributed by atoms with Crippen molar-refractivity contribution in [2.24, 2.45) is 0 Å². The summed E-state index contributed by atoms with van der Waals surface area (Å²) in [5.74, 6) is -0.0538. The monoisotopic (exact) mass is 1220 g/mol. The lowest BCUT2D eigenvalue weighted by Gasteiger charge is -2.20. The third-order valence-corrected chi connectivity index (χ3v) is 18.3. The van der Waals surface area contributed by atoms with Crippen LogP contribution in [0, 0.1) is 0 Å². The van der Waals surface area contributed by atoms with Crippen molar-refractivity contribution in [2.75, 3.05) is 13.2 Å². The van der Waals surface area contributed by atoms with Crippen molar-refractivity contribution in [1.29, 1.82) is 0 Å². The number of aliphatic hydroxyl groups is 2. The predicted molar refractivity (Wildman–Crippen MR) is 384 cm³/mol. The molecule has 0 aliphatic heterocycles. The highest BCUT2D eigenvalue weighted by Crippen LogP contribution is 2.19. The number of nitrogens with one attached hydrogen (secondary N) is 1. The number of carbonyl (C=O) groups is 2. The molecule has 512 valence electrons. The summed E-state index contributed by atoms with van der Waals surface area (Å²) >= 11 is 0. The molecule has 0 aliphatic rings. The van der Waals surface area contributed by atoms with Gasteiger partial charge in [-0.15, -0.1) is 0 Å². The van der Waals surface area contributed by atoms with Crippen LogP contribution in [-0.4, -0.2) is 47.4 Å². The first kappa shape index (κ1) is 84.8. The first-order valence-electron chi connectivity index (χ1n) is 39.4. The second-order valence-corrected chi connectivity index (χ2v) is 27.0. The third-order valence-electron chi connectivity index (χ3n) is 18.3. The van der Waals surface area contributed by atoms with Crippen LogP contribution in [0.2, 0.25) is 0 Å². The van der Waals surface area contributed by atoms with E-state index < -0.39 is 12.1 Å². The van der Waals surface area contributed by atoms with Crippen molar-refractivity contribution < 1.29 is 24.5 Å². The minimum atomic E-state index is -0.846. The van der Waals surface area contributed by atoms with Gasteiger partial charge in [-0.1, -0.05) is 377 Å². The van der Waals surface area contributed by atoms with E-state index in [1.54, 1.807) is 6.08 Å². The molecule has 6 nitrogen and oxygen atoms in total. The van der Waals surface area contributed by atoms with Crippen LogP contribution in [0.4, 0.5) is 0 Å². The molecule has 3 N–H and O–H groups in total. The Bertz CT molecular complexity index is 1450. The number of esters is 1. The zero-order valence-electron chi connectivity index (χ0n) is 58.8. The summed E-state index contributed by atoms with van der Waals surface area (Å²) in [6.07, 6.45) is 101. The molecule has 2 unspecified atom stereocenters. The number of amides is 1. The molecule has 0 aromatic carbocycles. The molecule has 0 bridgehead atoms. The van der Waals surface area contributed by atoms with Gasteiger partial charge in [0.15, 0.2) is 0 Å². The molecule has 0 aromatic rings. The highest BCUT2D eigenvalue weighted by molar-refractivity contribution is 5.76. The number of unbranched alkanes of at least 4 members (excludes halogenated alkanes) is 57. The van der Waals surface area contributed by atoms with Gasteiger partial charge in [0.25, 0.3) is 0 Å². The third kappa shape index (κ3) is 72.8. The maximum Gasteiger partial charge on any atom is 0.305 e. The fraction of sp³-hybridized carbons (Fsp3) is 0.877. The Balaban J connectivity index is 3.40. The van der Waals surface area contributed by atoms with Gasteiger partial charge < -0.3 is 20.3 Å². The van der Waals surface area contributed by atoms with E-state index in [2.05, 4.69) is 55.6 Å². The van der Waals surface area contributed by atoms with Gasteiger partial charge in [0.2, 0.25) is 5.91 Å². The average molecular weight is 1220 g/mol. The van der Waals surface area contributed by atoms with E-state index in [0.29, 0.717) is 19.4 Å². The minimum absolute atomic E-state index is 0.00891. The Morgan fingerprint density at radius 3 is 0.908 bits per heavy atom. The number of aliphatic hydroxyl groups excluding tert-OH is 2. The van der Waals surface area contributed by atoms with Gasteiger partial charge in [-0.3, -0.25) is 9.59 Å². The average Bonchev–Trinajstić information content (AvgIpc) is 3.57. The highest BCUT2D eigenvalue weighted by atomic mass is 16.5. The SMILES string of the molecule is CCCCC/C=C\C/C=C\CCCCCCCCCC(=O)OCCCCCCCCCCCCCC/C=C\CCCCCCCCCCCCCCCC(=O)NC(CO)C(O)/C=C/CCCCCCCCCCCCCCCCCCCCCCCC. The van der Waals surface area contributed by atoms with Crippen LogP contribution in [0.3, 0.4) is 0 Å². The van der Waals surface area contributed by atoms with Gasteiger partial charge in [0.05, 0.1) is 25.4 Å². The molecule has 2 atom stereocenters. The molecule has 0 spiro atoms. The molecule has 6 heteroatoms. The second-order valence-electron chi connectivity index (χ2n) is 27.0. The molecule has 0 heterocycles. The van der Waals surface area contributed by atoms with Crippen LogP contribution in [-0.2, 0) is 14.3 Å². The molecular weight excluding hydrogens is 1070 g/mol. The number of allylic oxidation sites excluding steroid dienone is 7. The molecule has 0 saturated heterocycles. The van der Waals surface area contributed by atoms with Gasteiger partial charge in [0.1, 0.15) is 0 Å². The van der Waals surface area contributed by atoms with Gasteiger partial charge in [-0.2, -0.15) is 0 Å². The second kappa shape index (κ2) is 76.3. The van der Waals surface area contributed by atoms with E-state index in [-0.39, 0.29) is 18.5 Å². The van der Waals surface area contributed by atoms with Crippen molar-refractivity contribution in [1.82, 2.24) is 5.32 Å².